The summed E-state index contributed by atoms with van der Waals surface area (Å²) in [5.74, 6) is 0.813. The van der Waals surface area contributed by atoms with Crippen molar-refractivity contribution in [2.45, 2.75) is 58.4 Å². The molecule has 0 spiro atoms. The van der Waals surface area contributed by atoms with Crippen molar-refractivity contribution in [3.05, 3.63) is 0 Å². The summed E-state index contributed by atoms with van der Waals surface area (Å²) in [5, 5.41) is 3.46. The van der Waals surface area contributed by atoms with Crippen LogP contribution in [-0.4, -0.2) is 18.0 Å². The molecule has 3 N–H and O–H groups in total. The van der Waals surface area contributed by atoms with E-state index in [0.717, 1.165) is 32.2 Å². The molecule has 94 valence electrons. The third-order valence-electron chi connectivity index (χ3n) is 3.83. The number of carbonyl (C=O) groups excluding carboxylic acids is 1. The van der Waals surface area contributed by atoms with E-state index in [-0.39, 0.29) is 5.91 Å². The molecule has 1 aliphatic carbocycles. The molecule has 0 heterocycles. The van der Waals surface area contributed by atoms with Gasteiger partial charge in [-0.25, -0.2) is 0 Å². The highest BCUT2D eigenvalue weighted by atomic mass is 16.1. The lowest BCUT2D eigenvalue weighted by atomic mass is 9.70. The van der Waals surface area contributed by atoms with Crippen LogP contribution < -0.4 is 11.1 Å². The fourth-order valence-electron chi connectivity index (χ4n) is 2.83. The Balaban J connectivity index is 2.79. The van der Waals surface area contributed by atoms with Crippen molar-refractivity contribution in [1.29, 1.82) is 0 Å². The minimum atomic E-state index is -0.433. The molecule has 3 heteroatoms. The molecule has 0 aromatic carbocycles. The maximum Gasteiger partial charge on any atom is 0.238 e. The van der Waals surface area contributed by atoms with E-state index in [4.69, 9.17) is 5.73 Å². The van der Waals surface area contributed by atoms with Gasteiger partial charge in [-0.1, -0.05) is 40.0 Å². The summed E-state index contributed by atoms with van der Waals surface area (Å²) in [7, 11) is 0. The second-order valence-electron chi connectivity index (χ2n) is 5.46. The molecule has 16 heavy (non-hydrogen) atoms. The molecule has 1 saturated carbocycles. The first-order valence-electron chi connectivity index (χ1n) is 6.58. The molecule has 0 bridgehead atoms. The van der Waals surface area contributed by atoms with Gasteiger partial charge in [0.15, 0.2) is 0 Å². The molecule has 0 saturated heterocycles. The Hall–Kier alpha value is -0.570. The van der Waals surface area contributed by atoms with Crippen molar-refractivity contribution in [2.75, 3.05) is 6.54 Å². The molecule has 1 rings (SSSR count). The van der Waals surface area contributed by atoms with E-state index < -0.39 is 5.54 Å². The van der Waals surface area contributed by atoms with E-state index in [9.17, 15) is 4.79 Å². The SMILES string of the molecule is CCC1CCCCC1(NCC(C)C)C(N)=O. The van der Waals surface area contributed by atoms with Crippen molar-refractivity contribution < 1.29 is 4.79 Å². The quantitative estimate of drug-likeness (QED) is 0.754. The molecular weight excluding hydrogens is 200 g/mol. The van der Waals surface area contributed by atoms with E-state index >= 15 is 0 Å². The van der Waals surface area contributed by atoms with Crippen molar-refractivity contribution in [3.8, 4) is 0 Å². The summed E-state index contributed by atoms with van der Waals surface area (Å²) in [6.45, 7) is 7.35. The van der Waals surface area contributed by atoms with Crippen LogP contribution in [0.1, 0.15) is 52.9 Å². The third kappa shape index (κ3) is 2.76. The van der Waals surface area contributed by atoms with Gasteiger partial charge in [0.25, 0.3) is 0 Å². The van der Waals surface area contributed by atoms with E-state index in [1.165, 1.54) is 6.42 Å². The van der Waals surface area contributed by atoms with Gasteiger partial charge in [0.05, 0.1) is 0 Å². The first-order valence-corrected chi connectivity index (χ1v) is 6.58. The van der Waals surface area contributed by atoms with Crippen LogP contribution in [0.15, 0.2) is 0 Å². The molecule has 1 amide bonds. The monoisotopic (exact) mass is 226 g/mol. The Morgan fingerprint density at radius 2 is 2.19 bits per heavy atom. The summed E-state index contributed by atoms with van der Waals surface area (Å²) < 4.78 is 0. The molecule has 3 nitrogen and oxygen atoms in total. The predicted molar refractivity (Wildman–Crippen MR) is 67.0 cm³/mol. The molecule has 0 aromatic rings. The zero-order valence-electron chi connectivity index (χ0n) is 10.9. The van der Waals surface area contributed by atoms with Gasteiger partial charge >= 0.3 is 0 Å². The number of hydrogen-bond donors (Lipinski definition) is 2. The van der Waals surface area contributed by atoms with Gasteiger partial charge in [-0.3, -0.25) is 4.79 Å². The highest BCUT2D eigenvalue weighted by Crippen LogP contribution is 2.35. The Bertz CT molecular complexity index is 240. The third-order valence-corrected chi connectivity index (χ3v) is 3.83. The molecule has 1 fully saturated rings. The summed E-state index contributed by atoms with van der Waals surface area (Å²) in [4.78, 5) is 11.8. The van der Waals surface area contributed by atoms with Crippen LogP contribution >= 0.6 is 0 Å². The Morgan fingerprint density at radius 3 is 2.69 bits per heavy atom. The molecule has 1 aliphatic rings. The molecule has 0 radical (unpaired) electrons. The van der Waals surface area contributed by atoms with Gasteiger partial charge in [-0.15, -0.1) is 0 Å². The number of nitrogens with two attached hydrogens (primary N) is 1. The van der Waals surface area contributed by atoms with Gasteiger partial charge in [-0.05, 0) is 31.2 Å². The number of nitrogens with one attached hydrogen (secondary N) is 1. The van der Waals surface area contributed by atoms with Gasteiger partial charge in [0.1, 0.15) is 5.54 Å². The first-order chi connectivity index (χ1) is 7.53. The second kappa shape index (κ2) is 5.67. The van der Waals surface area contributed by atoms with Crippen LogP contribution in [0.3, 0.4) is 0 Å². The average Bonchev–Trinajstić information content (AvgIpc) is 2.26. The summed E-state index contributed by atoms with van der Waals surface area (Å²) in [5.41, 5.74) is 5.22. The minimum Gasteiger partial charge on any atom is -0.368 e. The molecule has 0 aliphatic heterocycles. The van der Waals surface area contributed by atoms with Gasteiger partial charge < -0.3 is 11.1 Å². The second-order valence-corrected chi connectivity index (χ2v) is 5.46. The number of hydrogen-bond acceptors (Lipinski definition) is 2. The smallest absolute Gasteiger partial charge is 0.238 e. The fourth-order valence-corrected chi connectivity index (χ4v) is 2.83. The van der Waals surface area contributed by atoms with Crippen LogP contribution in [0, 0.1) is 11.8 Å². The average molecular weight is 226 g/mol. The van der Waals surface area contributed by atoms with Gasteiger partial charge in [0.2, 0.25) is 5.91 Å². The Labute approximate surface area is 99.2 Å². The largest absolute Gasteiger partial charge is 0.368 e. The molecule has 2 unspecified atom stereocenters. The molecular formula is C13H26N2O. The number of rotatable bonds is 5. The summed E-state index contributed by atoms with van der Waals surface area (Å²) >= 11 is 0. The normalized spacial score (nSPS) is 30.6. The standard InChI is InChI=1S/C13H26N2O/c1-4-11-7-5-6-8-13(11,12(14)16)15-9-10(2)3/h10-11,15H,4-9H2,1-3H3,(H2,14,16). The molecule has 2 atom stereocenters. The summed E-state index contributed by atoms with van der Waals surface area (Å²) in [6, 6.07) is 0. The maximum absolute atomic E-state index is 11.8. The number of carbonyl (C=O) groups is 1. The van der Waals surface area contributed by atoms with Crippen LogP contribution in [-0.2, 0) is 4.79 Å². The highest BCUT2D eigenvalue weighted by molar-refractivity contribution is 5.85. The van der Waals surface area contributed by atoms with Crippen LogP contribution in [0.25, 0.3) is 0 Å². The van der Waals surface area contributed by atoms with Crippen LogP contribution in [0.4, 0.5) is 0 Å². The Kier molecular flexibility index (Phi) is 4.78. The topological polar surface area (TPSA) is 55.1 Å². The fraction of sp³-hybridized carbons (Fsp3) is 0.923. The lowest BCUT2D eigenvalue weighted by Gasteiger charge is -2.42. The van der Waals surface area contributed by atoms with E-state index in [1.807, 2.05) is 0 Å². The molecule has 0 aromatic heterocycles. The maximum atomic E-state index is 11.8. The van der Waals surface area contributed by atoms with E-state index in [1.54, 1.807) is 0 Å². The predicted octanol–water partition coefficient (Wildman–Crippen LogP) is 2.06. The summed E-state index contributed by atoms with van der Waals surface area (Å²) in [6.07, 6.45) is 5.42. The van der Waals surface area contributed by atoms with Crippen molar-refractivity contribution in [2.24, 2.45) is 17.6 Å². The van der Waals surface area contributed by atoms with Gasteiger partial charge in [-0.2, -0.15) is 0 Å². The van der Waals surface area contributed by atoms with Crippen molar-refractivity contribution >= 4 is 5.91 Å². The number of primary amides is 1. The Morgan fingerprint density at radius 1 is 1.50 bits per heavy atom. The van der Waals surface area contributed by atoms with E-state index in [2.05, 4.69) is 26.1 Å². The van der Waals surface area contributed by atoms with Crippen LogP contribution in [0.5, 0.6) is 0 Å². The lowest BCUT2D eigenvalue weighted by Crippen LogP contribution is -2.62. The van der Waals surface area contributed by atoms with Crippen molar-refractivity contribution in [3.63, 3.8) is 0 Å². The van der Waals surface area contributed by atoms with Gasteiger partial charge in [0, 0.05) is 0 Å². The highest BCUT2D eigenvalue weighted by Gasteiger charge is 2.44. The van der Waals surface area contributed by atoms with Crippen molar-refractivity contribution in [1.82, 2.24) is 5.32 Å². The van der Waals surface area contributed by atoms with E-state index in [0.29, 0.717) is 11.8 Å². The number of amides is 1. The van der Waals surface area contributed by atoms with Crippen LogP contribution in [0.2, 0.25) is 0 Å². The first kappa shape index (κ1) is 13.5. The lowest BCUT2D eigenvalue weighted by molar-refractivity contribution is -0.128. The zero-order valence-corrected chi connectivity index (χ0v) is 10.9. The minimum absolute atomic E-state index is 0.153. The zero-order chi connectivity index (χ0) is 12.2.